The predicted molar refractivity (Wildman–Crippen MR) is 251 cm³/mol. The Morgan fingerprint density at radius 2 is 0.432 bits per heavy atom. The van der Waals surface area contributed by atoms with E-state index in [0.29, 0.717) is 17.1 Å². The van der Waals surface area contributed by atoms with Crippen LogP contribution in [0.25, 0.3) is 0 Å². The van der Waals surface area contributed by atoms with Crippen molar-refractivity contribution < 1.29 is 0 Å². The summed E-state index contributed by atoms with van der Waals surface area (Å²) in [5, 5.41) is -4.25. The summed E-state index contributed by atoms with van der Waals surface area (Å²) in [5.41, 5.74) is 0. The quantitative estimate of drug-likeness (QED) is 0.159. The summed E-state index contributed by atoms with van der Waals surface area (Å²) in [6.45, 7) is 62.3. The van der Waals surface area contributed by atoms with Gasteiger partial charge in [-0.05, 0) is 17.1 Å². The molecular formula is C30H74Br4Si10. The molecule has 0 radical (unpaired) electrons. The van der Waals surface area contributed by atoms with Crippen molar-refractivity contribution in [3.63, 3.8) is 0 Å². The Morgan fingerprint density at radius 3 is 0.545 bits per heavy atom. The van der Waals surface area contributed by atoms with Gasteiger partial charge in [-0.15, -0.1) is 61.2 Å². The average Bonchev–Trinajstić information content (AvgIpc) is 3.12. The zero-order valence-corrected chi connectivity index (χ0v) is 49.7. The van der Waals surface area contributed by atoms with Crippen molar-refractivity contribution in [2.45, 2.75) is 187 Å². The summed E-state index contributed by atoms with van der Waals surface area (Å²) in [7, 11) is -13.4. The highest BCUT2D eigenvalue weighted by Crippen LogP contribution is 2.85. The molecule has 44 heavy (non-hydrogen) atoms. The van der Waals surface area contributed by atoms with Crippen LogP contribution in [0, 0.1) is 0 Å². The third-order valence-electron chi connectivity index (χ3n) is 15.3. The highest BCUT2D eigenvalue weighted by Gasteiger charge is 2.87. The van der Waals surface area contributed by atoms with E-state index in [2.05, 4.69) is 144 Å². The summed E-state index contributed by atoms with van der Waals surface area (Å²) in [5.74, 6) is 0. The molecule has 0 nitrogen and oxygen atoms in total. The fraction of sp³-hybridized carbons (Fsp3) is 1.00. The van der Waals surface area contributed by atoms with Crippen molar-refractivity contribution in [2.75, 3.05) is 0 Å². The molecule has 0 unspecified atom stereocenters. The molecule has 0 aromatic rings. The highest BCUT2D eigenvalue weighted by atomic mass is 79.9. The van der Waals surface area contributed by atoms with Gasteiger partial charge >= 0.3 is 0 Å². The van der Waals surface area contributed by atoms with Gasteiger partial charge in [-0.1, -0.05) is 170 Å². The lowest BCUT2D eigenvalue weighted by Crippen LogP contribution is -2.83. The van der Waals surface area contributed by atoms with Gasteiger partial charge < -0.3 is 0 Å². The van der Waals surface area contributed by atoms with E-state index >= 15 is 0 Å². The molecule has 0 saturated carbocycles. The minimum atomic E-state index is -2.13. The van der Waals surface area contributed by atoms with Gasteiger partial charge in [0.15, 0.2) is 0 Å². The first kappa shape index (κ1) is 44.3. The molecule has 0 aromatic carbocycles. The third-order valence-corrected chi connectivity index (χ3v) is 138. The second-order valence-electron chi connectivity index (χ2n) is 22.5. The minimum Gasteiger partial charge on any atom is -0.111 e. The van der Waals surface area contributed by atoms with Gasteiger partial charge in [0.1, 0.15) is 0 Å². The summed E-state index contributed by atoms with van der Waals surface area (Å²) >= 11 is 20.2. The van der Waals surface area contributed by atoms with Crippen LogP contribution in [0.1, 0.15) is 25.7 Å². The lowest BCUT2D eigenvalue weighted by molar-refractivity contribution is 0.755. The number of rotatable bonds is 9. The normalized spacial score (nSPS) is 30.1. The summed E-state index contributed by atoms with van der Waals surface area (Å²) in [6.07, 6.45) is 5.99. The monoisotopic (exact) mass is 1030 g/mol. The lowest BCUT2D eigenvalue weighted by Gasteiger charge is -2.71. The van der Waals surface area contributed by atoms with Gasteiger partial charge in [-0.2, -0.15) is 0 Å². The maximum absolute atomic E-state index is 5.05. The molecule has 0 aliphatic carbocycles. The Balaban J connectivity index is 3.23. The summed E-state index contributed by atoms with van der Waals surface area (Å²) < 4.78 is 2.12. The van der Waals surface area contributed by atoms with E-state index in [-0.39, 0.29) is 0 Å². The summed E-state index contributed by atoms with van der Waals surface area (Å²) in [6, 6.07) is 0. The van der Waals surface area contributed by atoms with Crippen LogP contribution in [0.4, 0.5) is 0 Å². The van der Waals surface area contributed by atoms with Crippen molar-refractivity contribution in [3.8, 4) is 0 Å². The molecule has 0 N–H and O–H groups in total. The van der Waals surface area contributed by atoms with E-state index in [4.69, 9.17) is 61.2 Å². The molecule has 2 fully saturated rings. The van der Waals surface area contributed by atoms with Crippen LogP contribution in [-0.4, -0.2) is 74.3 Å². The SMILES string of the molecule is C[Si](C)(C)C1([Si](C)(C)C)CC[C@@]([Si](C)(C)C)([Si](C)(C)[Si](C)(C)[C@@]2([Si](C)(C)C)CCC([Si](C)(C)C)([Si](C)(C)C)[Si]2(Br)Br)[Si]1(Br)Br. The Labute approximate surface area is 318 Å². The van der Waals surface area contributed by atoms with Gasteiger partial charge in [-0.25, -0.2) is 0 Å². The Morgan fingerprint density at radius 1 is 0.295 bits per heavy atom. The average molecular weight is 1040 g/mol. The molecule has 2 rings (SSSR count). The van der Waals surface area contributed by atoms with E-state index in [1.54, 1.807) is 0 Å². The third kappa shape index (κ3) is 5.13. The zero-order chi connectivity index (χ0) is 35.8. The van der Waals surface area contributed by atoms with Crippen molar-refractivity contribution in [1.82, 2.24) is 0 Å². The molecule has 262 valence electrons. The number of hydrogen-bond donors (Lipinski definition) is 0. The number of halogens is 4. The molecule has 2 atom stereocenters. The molecule has 0 aromatic heterocycles. The van der Waals surface area contributed by atoms with Crippen molar-refractivity contribution >= 4 is 135 Å². The second kappa shape index (κ2) is 11.8. The van der Waals surface area contributed by atoms with Crippen LogP contribution in [0.15, 0.2) is 0 Å². The van der Waals surface area contributed by atoms with E-state index in [1.165, 1.54) is 25.7 Å². The highest BCUT2D eigenvalue weighted by molar-refractivity contribution is 9.52. The zero-order valence-electron chi connectivity index (χ0n) is 33.3. The van der Waals surface area contributed by atoms with E-state index in [1.807, 2.05) is 0 Å². The fourth-order valence-electron chi connectivity index (χ4n) is 13.8. The van der Waals surface area contributed by atoms with Crippen LogP contribution in [0.3, 0.4) is 0 Å². The fourth-order valence-corrected chi connectivity index (χ4v) is 218. The molecule has 2 saturated heterocycles. The van der Waals surface area contributed by atoms with Crippen molar-refractivity contribution in [3.05, 3.63) is 0 Å². The first-order valence-electron chi connectivity index (χ1n) is 17.4. The second-order valence-corrected chi connectivity index (χ2v) is 103. The molecule has 14 heteroatoms. The molecular weight excluding hydrogens is 961 g/mol. The first-order valence-corrected chi connectivity index (χ1v) is 58.4. The van der Waals surface area contributed by atoms with Crippen LogP contribution < -0.4 is 0 Å². The van der Waals surface area contributed by atoms with Crippen LogP contribution >= 0.6 is 61.2 Å². The van der Waals surface area contributed by atoms with E-state index in [9.17, 15) is 0 Å². The van der Waals surface area contributed by atoms with Gasteiger partial charge in [0.25, 0.3) is 0 Å². The number of hydrogen-bond acceptors (Lipinski definition) is 0. The van der Waals surface area contributed by atoms with Gasteiger partial charge in [0.2, 0.25) is 10.6 Å². The molecule has 2 heterocycles. The predicted octanol–water partition coefficient (Wildman–Crippen LogP) is 14.8. The minimum absolute atomic E-state index is 0.518. The van der Waals surface area contributed by atoms with Gasteiger partial charge in [-0.3, -0.25) is 0 Å². The standard InChI is InChI=1S/C30H74Br4Si10/c1-35(2,3)27(36(4,5)6)23-25-29(39(13,14)15,43(27,31)32)41(19,20)42(21,22)30(40(16,17)18)26-24-28(37(7,8)9,38(10,11)12)44(30,33)34/h23-26H2,1-22H3/t29-,30+. The molecule has 2 aliphatic rings. The Bertz CT molecular complexity index is 996. The molecule has 0 amide bonds. The van der Waals surface area contributed by atoms with Crippen LogP contribution in [0.2, 0.25) is 161 Å². The topological polar surface area (TPSA) is 0 Å². The van der Waals surface area contributed by atoms with Crippen molar-refractivity contribution in [2.24, 2.45) is 0 Å². The maximum Gasteiger partial charge on any atom is 0.202 e. The maximum atomic E-state index is 5.05. The van der Waals surface area contributed by atoms with Gasteiger partial charge in [0.05, 0.1) is 0 Å². The lowest BCUT2D eigenvalue weighted by atomic mass is 10.4. The summed E-state index contributed by atoms with van der Waals surface area (Å²) in [4.78, 5) is 0. The molecule has 0 bridgehead atoms. The Hall–Kier alpha value is 4.09. The van der Waals surface area contributed by atoms with Crippen LogP contribution in [0.5, 0.6) is 0 Å². The first-order chi connectivity index (χ1) is 18.7. The van der Waals surface area contributed by atoms with Crippen molar-refractivity contribution in [1.29, 1.82) is 0 Å². The van der Waals surface area contributed by atoms with E-state index in [0.717, 1.165) is 0 Å². The smallest absolute Gasteiger partial charge is 0.111 e. The Kier molecular flexibility index (Phi) is 11.9. The molecule has 0 spiro atoms. The van der Waals surface area contributed by atoms with Crippen LogP contribution in [-0.2, 0) is 0 Å². The van der Waals surface area contributed by atoms with Gasteiger partial charge in [0, 0.05) is 63.6 Å². The molecule has 2 aliphatic heterocycles. The largest absolute Gasteiger partial charge is 0.202 e. The van der Waals surface area contributed by atoms with E-state index < -0.39 is 74.3 Å².